The lowest BCUT2D eigenvalue weighted by molar-refractivity contribution is 0.583. The van der Waals surface area contributed by atoms with Gasteiger partial charge in [-0.2, -0.15) is 0 Å². The van der Waals surface area contributed by atoms with E-state index in [1.165, 1.54) is 11.3 Å². The van der Waals surface area contributed by atoms with Crippen molar-refractivity contribution in [1.82, 2.24) is 10.2 Å². The highest BCUT2D eigenvalue weighted by atomic mass is 35.5. The molecular weight excluding hydrogens is 198 g/mol. The topological polar surface area (TPSA) is 64.9 Å². The minimum Gasteiger partial charge on any atom is -0.442 e. The molecule has 0 saturated carbocycles. The van der Waals surface area contributed by atoms with Crippen molar-refractivity contribution in [3.63, 3.8) is 0 Å². The third-order valence-electron chi connectivity index (χ3n) is 1.22. The summed E-state index contributed by atoms with van der Waals surface area (Å²) in [5.74, 6) is 0.592. The van der Waals surface area contributed by atoms with Gasteiger partial charge in [0.15, 0.2) is 16.0 Å². The van der Waals surface area contributed by atoms with Crippen LogP contribution in [0.3, 0.4) is 0 Å². The smallest absolute Gasteiger partial charge is 0.203 e. The Morgan fingerprint density at radius 2 is 2.25 bits per heavy atom. The van der Waals surface area contributed by atoms with Crippen molar-refractivity contribution in [2.24, 2.45) is 0 Å². The van der Waals surface area contributed by atoms with Crippen LogP contribution < -0.4 is 5.73 Å². The summed E-state index contributed by atoms with van der Waals surface area (Å²) in [7, 11) is 0. The van der Waals surface area contributed by atoms with Crippen molar-refractivity contribution >= 4 is 28.1 Å². The quantitative estimate of drug-likeness (QED) is 0.767. The molecule has 12 heavy (non-hydrogen) atoms. The fourth-order valence-electron chi connectivity index (χ4n) is 0.763. The predicted octanol–water partition coefficient (Wildman–Crippen LogP) is 2.03. The minimum atomic E-state index is 0.332. The van der Waals surface area contributed by atoms with E-state index in [0.29, 0.717) is 21.1 Å². The first-order chi connectivity index (χ1) is 5.75. The van der Waals surface area contributed by atoms with Gasteiger partial charge in [-0.15, -0.1) is 10.2 Å². The van der Waals surface area contributed by atoms with E-state index in [0.717, 1.165) is 0 Å². The van der Waals surface area contributed by atoms with Gasteiger partial charge in [0, 0.05) is 0 Å². The van der Waals surface area contributed by atoms with Crippen molar-refractivity contribution in [1.29, 1.82) is 0 Å². The predicted molar refractivity (Wildman–Crippen MR) is 47.0 cm³/mol. The van der Waals surface area contributed by atoms with E-state index >= 15 is 0 Å². The molecule has 2 heterocycles. The molecule has 0 unspecified atom stereocenters. The molecule has 2 aromatic rings. The highest BCUT2D eigenvalue weighted by Crippen LogP contribution is 2.27. The van der Waals surface area contributed by atoms with Crippen molar-refractivity contribution in [3.05, 3.63) is 17.4 Å². The van der Waals surface area contributed by atoms with Crippen molar-refractivity contribution in [2.45, 2.75) is 0 Å². The number of hydrogen-bond acceptors (Lipinski definition) is 5. The van der Waals surface area contributed by atoms with Gasteiger partial charge in [0.05, 0.1) is 0 Å². The number of aromatic nitrogens is 2. The van der Waals surface area contributed by atoms with Gasteiger partial charge in [-0.25, -0.2) is 0 Å². The Hall–Kier alpha value is -1.07. The van der Waals surface area contributed by atoms with Crippen LogP contribution in [0.15, 0.2) is 16.5 Å². The molecule has 0 radical (unpaired) electrons. The molecule has 0 aromatic carbocycles. The number of nitrogens with two attached hydrogens (primary N) is 1. The Morgan fingerprint density at radius 1 is 1.42 bits per heavy atom. The summed E-state index contributed by atoms with van der Waals surface area (Å²) in [5.41, 5.74) is 5.39. The number of furan rings is 1. The second-order valence-corrected chi connectivity index (χ2v) is 3.43. The van der Waals surface area contributed by atoms with Crippen LogP contribution in [0.4, 0.5) is 5.13 Å². The maximum Gasteiger partial charge on any atom is 0.203 e. The SMILES string of the molecule is Nc1nnc(-c2ccc(Cl)o2)s1. The fourth-order valence-corrected chi connectivity index (χ4v) is 1.48. The van der Waals surface area contributed by atoms with Gasteiger partial charge in [-0.05, 0) is 23.7 Å². The van der Waals surface area contributed by atoms with E-state index in [-0.39, 0.29) is 0 Å². The Bertz CT molecular complexity index is 359. The lowest BCUT2D eigenvalue weighted by Gasteiger charge is -1.83. The molecule has 0 bridgehead atoms. The zero-order valence-electron chi connectivity index (χ0n) is 5.82. The van der Waals surface area contributed by atoms with Gasteiger partial charge in [0.2, 0.25) is 5.13 Å². The van der Waals surface area contributed by atoms with Crippen LogP contribution in [0.25, 0.3) is 10.8 Å². The average molecular weight is 202 g/mol. The van der Waals surface area contributed by atoms with Crippen LogP contribution in [0.5, 0.6) is 0 Å². The normalized spacial score (nSPS) is 10.4. The summed E-state index contributed by atoms with van der Waals surface area (Å²) in [6, 6.07) is 3.37. The van der Waals surface area contributed by atoms with Gasteiger partial charge >= 0.3 is 0 Å². The van der Waals surface area contributed by atoms with Crippen LogP contribution in [-0.4, -0.2) is 10.2 Å². The Balaban J connectivity index is 2.43. The van der Waals surface area contributed by atoms with Crippen LogP contribution >= 0.6 is 22.9 Å². The van der Waals surface area contributed by atoms with Gasteiger partial charge in [-0.3, -0.25) is 0 Å². The zero-order chi connectivity index (χ0) is 8.55. The summed E-state index contributed by atoms with van der Waals surface area (Å²) in [6.45, 7) is 0. The van der Waals surface area contributed by atoms with Crippen LogP contribution in [0.1, 0.15) is 0 Å². The van der Waals surface area contributed by atoms with Gasteiger partial charge in [-0.1, -0.05) is 11.3 Å². The lowest BCUT2D eigenvalue weighted by Crippen LogP contribution is -1.79. The van der Waals surface area contributed by atoms with E-state index in [1.54, 1.807) is 12.1 Å². The van der Waals surface area contributed by atoms with Crippen molar-refractivity contribution in [2.75, 3.05) is 5.73 Å². The third-order valence-corrected chi connectivity index (χ3v) is 2.19. The highest BCUT2D eigenvalue weighted by Gasteiger charge is 2.07. The summed E-state index contributed by atoms with van der Waals surface area (Å²) in [6.07, 6.45) is 0. The number of hydrogen-bond donors (Lipinski definition) is 1. The molecule has 0 saturated heterocycles. The second kappa shape index (κ2) is 2.76. The standard InChI is InChI=1S/C6H4ClN3OS/c7-4-2-1-3(11-4)5-9-10-6(8)12-5/h1-2H,(H2,8,10). The molecule has 0 spiro atoms. The van der Waals surface area contributed by atoms with Crippen molar-refractivity contribution in [3.8, 4) is 10.8 Å². The summed E-state index contributed by atoms with van der Waals surface area (Å²) in [4.78, 5) is 0. The number of nitrogen functional groups attached to an aromatic ring is 1. The maximum atomic E-state index is 5.58. The number of halogens is 1. The molecular formula is C6H4ClN3OS. The molecule has 0 aliphatic rings. The molecule has 4 nitrogen and oxygen atoms in total. The second-order valence-electron chi connectivity index (χ2n) is 2.05. The molecule has 0 aliphatic heterocycles. The Labute approximate surface area is 77.0 Å². The highest BCUT2D eigenvalue weighted by molar-refractivity contribution is 7.18. The van der Waals surface area contributed by atoms with Crippen molar-refractivity contribution < 1.29 is 4.42 Å². The van der Waals surface area contributed by atoms with E-state index in [2.05, 4.69) is 10.2 Å². The molecule has 0 atom stereocenters. The van der Waals surface area contributed by atoms with E-state index < -0.39 is 0 Å². The Morgan fingerprint density at radius 3 is 2.75 bits per heavy atom. The summed E-state index contributed by atoms with van der Waals surface area (Å²) in [5, 5.41) is 8.82. The summed E-state index contributed by atoms with van der Waals surface area (Å²) >= 11 is 6.83. The van der Waals surface area contributed by atoms with Gasteiger partial charge in [0.1, 0.15) is 0 Å². The molecule has 0 fully saturated rings. The fraction of sp³-hybridized carbons (Fsp3) is 0. The minimum absolute atomic E-state index is 0.332. The molecule has 6 heteroatoms. The maximum absolute atomic E-state index is 5.58. The zero-order valence-corrected chi connectivity index (χ0v) is 7.39. The molecule has 2 rings (SSSR count). The Kier molecular flexibility index (Phi) is 1.74. The van der Waals surface area contributed by atoms with Crippen LogP contribution in [0.2, 0.25) is 5.22 Å². The molecule has 62 valence electrons. The average Bonchev–Trinajstić information content (AvgIpc) is 2.58. The summed E-state index contributed by atoms with van der Waals surface area (Å²) < 4.78 is 5.10. The molecule has 2 aromatic heterocycles. The lowest BCUT2D eigenvalue weighted by atomic mass is 10.5. The van der Waals surface area contributed by atoms with E-state index in [9.17, 15) is 0 Å². The number of rotatable bonds is 1. The third kappa shape index (κ3) is 1.28. The largest absolute Gasteiger partial charge is 0.442 e. The first-order valence-electron chi connectivity index (χ1n) is 3.10. The first kappa shape index (κ1) is 7.57. The monoisotopic (exact) mass is 201 g/mol. The van der Waals surface area contributed by atoms with E-state index in [1.807, 2.05) is 0 Å². The molecule has 0 aliphatic carbocycles. The van der Waals surface area contributed by atoms with Crippen LogP contribution in [0, 0.1) is 0 Å². The van der Waals surface area contributed by atoms with Gasteiger partial charge in [0.25, 0.3) is 0 Å². The van der Waals surface area contributed by atoms with Crippen LogP contribution in [-0.2, 0) is 0 Å². The van der Waals surface area contributed by atoms with E-state index in [4.69, 9.17) is 21.8 Å². The van der Waals surface area contributed by atoms with Gasteiger partial charge < -0.3 is 10.2 Å². The number of anilines is 1. The molecule has 0 amide bonds. The first-order valence-corrected chi connectivity index (χ1v) is 4.30. The number of nitrogens with zero attached hydrogens (tertiary/aromatic N) is 2. The molecule has 2 N–H and O–H groups in total.